The number of hydrogen-bond donors (Lipinski definition) is 2. The van der Waals surface area contributed by atoms with Crippen LogP contribution >= 0.6 is 0 Å². The number of anilines is 1. The van der Waals surface area contributed by atoms with E-state index in [0.29, 0.717) is 41.0 Å². The molecular formula is C31H37N5O5. The third-order valence-corrected chi connectivity index (χ3v) is 9.78. The molecule has 41 heavy (non-hydrogen) atoms. The van der Waals surface area contributed by atoms with Crippen molar-refractivity contribution in [3.05, 3.63) is 46.8 Å². The molecule has 4 amide bonds. The van der Waals surface area contributed by atoms with Crippen molar-refractivity contribution in [2.24, 2.45) is 5.92 Å². The lowest BCUT2D eigenvalue weighted by Gasteiger charge is -2.36. The highest BCUT2D eigenvalue weighted by Gasteiger charge is 2.45. The van der Waals surface area contributed by atoms with Crippen LogP contribution < -0.4 is 10.6 Å². The summed E-state index contributed by atoms with van der Waals surface area (Å²) in [7, 11) is 1.84. The number of amides is 4. The third-order valence-electron chi connectivity index (χ3n) is 9.78. The second-order valence-electron chi connectivity index (χ2n) is 12.5. The Hall–Kier alpha value is -3.53. The molecule has 3 heterocycles. The number of carbonyl (C=O) groups is 4. The van der Waals surface area contributed by atoms with E-state index >= 15 is 0 Å². The number of benzene rings is 1. The molecule has 2 N–H and O–H groups in total. The van der Waals surface area contributed by atoms with Crippen molar-refractivity contribution in [3.8, 4) is 0 Å². The van der Waals surface area contributed by atoms with Gasteiger partial charge in [-0.1, -0.05) is 12.8 Å². The number of fused-ring (bicyclic) bond motifs is 1. The molecular weight excluding hydrogens is 522 g/mol. The van der Waals surface area contributed by atoms with Crippen molar-refractivity contribution in [1.29, 1.82) is 0 Å². The monoisotopic (exact) mass is 559 g/mol. The van der Waals surface area contributed by atoms with Crippen LogP contribution in [0.4, 0.5) is 5.69 Å². The second-order valence-corrected chi connectivity index (χ2v) is 12.5. The normalized spacial score (nSPS) is 29.8. The van der Waals surface area contributed by atoms with Crippen LogP contribution in [0.5, 0.6) is 0 Å². The molecule has 1 aromatic carbocycles. The third kappa shape index (κ3) is 4.75. The molecule has 1 saturated heterocycles. The van der Waals surface area contributed by atoms with Gasteiger partial charge in [0.05, 0.1) is 29.0 Å². The van der Waals surface area contributed by atoms with Gasteiger partial charge in [0.15, 0.2) is 0 Å². The summed E-state index contributed by atoms with van der Waals surface area (Å²) in [6, 6.07) is 4.61. The number of hydrogen-bond acceptors (Lipinski definition) is 7. The van der Waals surface area contributed by atoms with Gasteiger partial charge in [-0.3, -0.25) is 34.1 Å². The Morgan fingerprint density at radius 1 is 1.00 bits per heavy atom. The number of nitrogens with zero attached hydrogens (tertiary/aromatic N) is 3. The maximum absolute atomic E-state index is 13.1. The molecule has 10 nitrogen and oxygen atoms in total. The van der Waals surface area contributed by atoms with Gasteiger partial charge in [-0.05, 0) is 74.6 Å². The molecule has 0 radical (unpaired) electrons. The molecule has 0 spiro atoms. The summed E-state index contributed by atoms with van der Waals surface area (Å²) in [4.78, 5) is 50.9. The van der Waals surface area contributed by atoms with E-state index in [-0.39, 0.29) is 18.7 Å². The highest BCUT2D eigenvalue weighted by atomic mass is 16.5. The topological polar surface area (TPSA) is 123 Å². The summed E-state index contributed by atoms with van der Waals surface area (Å²) < 4.78 is 8.11. The van der Waals surface area contributed by atoms with Crippen molar-refractivity contribution < 1.29 is 23.9 Å². The molecule has 0 bridgehead atoms. The molecule has 4 fully saturated rings. The highest BCUT2D eigenvalue weighted by molar-refractivity contribution is 6.23. The van der Waals surface area contributed by atoms with Gasteiger partial charge >= 0.3 is 0 Å². The summed E-state index contributed by atoms with van der Waals surface area (Å²) in [5.74, 6) is -0.389. The highest BCUT2D eigenvalue weighted by Crippen LogP contribution is 2.47. The summed E-state index contributed by atoms with van der Waals surface area (Å²) >= 11 is 0. The molecule has 7 rings (SSSR count). The van der Waals surface area contributed by atoms with E-state index in [1.54, 1.807) is 12.1 Å². The number of aromatic nitrogens is 2. The van der Waals surface area contributed by atoms with Gasteiger partial charge < -0.3 is 10.1 Å². The van der Waals surface area contributed by atoms with Crippen molar-refractivity contribution in [2.75, 3.05) is 19.0 Å². The average molecular weight is 560 g/mol. The molecule has 5 aliphatic rings. The minimum absolute atomic E-state index is 0.106. The van der Waals surface area contributed by atoms with Crippen molar-refractivity contribution in [3.63, 3.8) is 0 Å². The fourth-order valence-corrected chi connectivity index (χ4v) is 7.23. The quantitative estimate of drug-likeness (QED) is 0.471. The molecule has 3 unspecified atom stereocenters. The number of rotatable bonds is 8. The molecule has 3 saturated carbocycles. The lowest BCUT2D eigenvalue weighted by atomic mass is 9.79. The van der Waals surface area contributed by atoms with Crippen LogP contribution in [0.2, 0.25) is 0 Å². The molecule has 10 heteroatoms. The molecule has 1 aromatic heterocycles. The van der Waals surface area contributed by atoms with Crippen LogP contribution in [0.25, 0.3) is 0 Å². The lowest BCUT2D eigenvalue weighted by molar-refractivity contribution is -0.136. The van der Waals surface area contributed by atoms with Crippen LogP contribution in [0, 0.1) is 5.92 Å². The van der Waals surface area contributed by atoms with E-state index in [0.717, 1.165) is 36.4 Å². The van der Waals surface area contributed by atoms with E-state index in [9.17, 15) is 19.2 Å². The van der Waals surface area contributed by atoms with Gasteiger partial charge in [0.1, 0.15) is 6.04 Å². The van der Waals surface area contributed by atoms with Gasteiger partial charge in [-0.15, -0.1) is 0 Å². The van der Waals surface area contributed by atoms with E-state index < -0.39 is 23.8 Å². The minimum Gasteiger partial charge on any atom is -0.385 e. The van der Waals surface area contributed by atoms with E-state index in [2.05, 4.69) is 21.5 Å². The number of methoxy groups -OCH3 is 1. The van der Waals surface area contributed by atoms with Crippen LogP contribution in [0.15, 0.2) is 24.4 Å². The summed E-state index contributed by atoms with van der Waals surface area (Å²) in [6.45, 7) is 0.770. The first-order valence-corrected chi connectivity index (χ1v) is 15.1. The smallest absolute Gasteiger partial charge is 0.262 e. The molecule has 216 valence electrons. The number of piperidine rings is 1. The fraction of sp³-hybridized carbons (Fsp3) is 0.581. The van der Waals surface area contributed by atoms with E-state index in [1.807, 2.05) is 13.2 Å². The first kappa shape index (κ1) is 26.4. The lowest BCUT2D eigenvalue weighted by Crippen LogP contribution is -2.54. The number of nitrogens with one attached hydrogen (secondary N) is 2. The zero-order chi connectivity index (χ0) is 28.2. The van der Waals surface area contributed by atoms with Gasteiger partial charge in [-0.2, -0.15) is 5.10 Å². The van der Waals surface area contributed by atoms with Crippen molar-refractivity contribution in [1.82, 2.24) is 20.0 Å². The summed E-state index contributed by atoms with van der Waals surface area (Å²) in [5.41, 5.74) is 4.10. The van der Waals surface area contributed by atoms with Crippen LogP contribution in [-0.2, 0) is 14.3 Å². The summed E-state index contributed by atoms with van der Waals surface area (Å²) in [5, 5.41) is 10.8. The predicted molar refractivity (Wildman–Crippen MR) is 150 cm³/mol. The zero-order valence-electron chi connectivity index (χ0n) is 23.4. The van der Waals surface area contributed by atoms with Crippen LogP contribution in [0.1, 0.15) is 114 Å². The summed E-state index contributed by atoms with van der Waals surface area (Å²) in [6.07, 6.45) is 12.3. The largest absolute Gasteiger partial charge is 0.385 e. The molecule has 2 aromatic rings. The Morgan fingerprint density at radius 2 is 1.78 bits per heavy atom. The van der Waals surface area contributed by atoms with Crippen molar-refractivity contribution >= 4 is 29.3 Å². The average Bonchev–Trinajstić information content (AvgIpc) is 3.66. The van der Waals surface area contributed by atoms with E-state index in [4.69, 9.17) is 9.84 Å². The van der Waals surface area contributed by atoms with Gasteiger partial charge in [0, 0.05) is 43.8 Å². The number of carbonyl (C=O) groups excluding carboxylic acids is 4. The molecule has 2 aliphatic heterocycles. The molecule has 3 atom stereocenters. The van der Waals surface area contributed by atoms with Gasteiger partial charge in [0.25, 0.3) is 11.8 Å². The number of ether oxygens (including phenoxy) is 1. The Bertz CT molecular complexity index is 1410. The number of imide groups is 2. The Morgan fingerprint density at radius 3 is 2.54 bits per heavy atom. The molecule has 3 aliphatic carbocycles. The van der Waals surface area contributed by atoms with Crippen LogP contribution in [-0.4, -0.2) is 64.1 Å². The van der Waals surface area contributed by atoms with Crippen molar-refractivity contribution in [2.45, 2.75) is 94.2 Å². The maximum atomic E-state index is 13.1. The second kappa shape index (κ2) is 10.4. The first-order chi connectivity index (χ1) is 19.9. The van der Waals surface area contributed by atoms with Gasteiger partial charge in [0.2, 0.25) is 11.8 Å². The Labute approximate surface area is 239 Å². The standard InChI is InChI=1S/C31H37N5O5/c1-41-26-5-3-2-4-21(26)24-16-35(34-28(24)18-6-7-18)20-12-17(13-20)15-32-19-8-9-22-23(14-19)31(40)36(30(22)39)25-10-11-27(37)33-29(25)38/h8-9,14,16-18,20-21,25-26,32H,2-7,10-13,15H2,1H3,(H,33,37,38). The minimum atomic E-state index is -0.954. The van der Waals surface area contributed by atoms with Crippen LogP contribution in [0.3, 0.4) is 0 Å². The fourth-order valence-electron chi connectivity index (χ4n) is 7.23. The first-order valence-electron chi connectivity index (χ1n) is 15.1. The maximum Gasteiger partial charge on any atom is 0.262 e. The predicted octanol–water partition coefficient (Wildman–Crippen LogP) is 3.90. The Balaban J connectivity index is 0.976. The zero-order valence-corrected chi connectivity index (χ0v) is 23.4. The SMILES string of the molecule is COC1CCCCC1c1cn(C2CC(CNc3ccc4c(c3)C(=O)N(C3CCC(=O)NC3=O)C4=O)C2)nc1C1CC1. The van der Waals surface area contributed by atoms with E-state index in [1.165, 1.54) is 43.4 Å². The van der Waals surface area contributed by atoms with Gasteiger partial charge in [-0.25, -0.2) is 0 Å². The Kier molecular flexibility index (Phi) is 6.68.